The highest BCUT2D eigenvalue weighted by Crippen LogP contribution is 2.25. The fraction of sp³-hybridized carbons (Fsp3) is 0.600. The monoisotopic (exact) mass is 344 g/mol. The van der Waals surface area contributed by atoms with Crippen molar-refractivity contribution >= 4 is 11.9 Å². The zero-order valence-corrected chi connectivity index (χ0v) is 15.0. The number of hydrogen-bond donors (Lipinski definition) is 0. The van der Waals surface area contributed by atoms with Crippen LogP contribution < -0.4 is 0 Å². The van der Waals surface area contributed by atoms with Crippen LogP contribution in [0, 0.1) is 11.8 Å². The number of methoxy groups -OCH3 is 1. The van der Waals surface area contributed by atoms with Gasteiger partial charge in [-0.05, 0) is 44.3 Å². The molecule has 0 spiro atoms. The average Bonchev–Trinajstić information content (AvgIpc) is 2.68. The van der Waals surface area contributed by atoms with Crippen LogP contribution in [0.15, 0.2) is 30.3 Å². The van der Waals surface area contributed by atoms with E-state index in [0.29, 0.717) is 13.1 Å². The summed E-state index contributed by atoms with van der Waals surface area (Å²) in [6.45, 7) is 4.28. The lowest BCUT2D eigenvalue weighted by Crippen LogP contribution is -2.46. The molecular formula is C20H28N2O3. The first-order valence-corrected chi connectivity index (χ1v) is 9.30. The Morgan fingerprint density at radius 3 is 2.16 bits per heavy atom. The number of likely N-dealkylation sites (tertiary alicyclic amines) is 2. The molecule has 2 saturated heterocycles. The van der Waals surface area contributed by atoms with E-state index in [9.17, 15) is 9.59 Å². The van der Waals surface area contributed by atoms with Gasteiger partial charge >= 0.3 is 5.97 Å². The van der Waals surface area contributed by atoms with E-state index in [-0.39, 0.29) is 23.7 Å². The summed E-state index contributed by atoms with van der Waals surface area (Å²) < 4.78 is 4.81. The van der Waals surface area contributed by atoms with Gasteiger partial charge in [-0.1, -0.05) is 30.3 Å². The van der Waals surface area contributed by atoms with Gasteiger partial charge in [0.25, 0.3) is 0 Å². The summed E-state index contributed by atoms with van der Waals surface area (Å²) in [5, 5.41) is 0. The molecule has 136 valence electrons. The number of carbonyl (C=O) groups excluding carboxylic acids is 2. The van der Waals surface area contributed by atoms with E-state index in [1.54, 1.807) is 0 Å². The minimum absolute atomic E-state index is 0.0400. The second-order valence-electron chi connectivity index (χ2n) is 7.16. The first-order valence-electron chi connectivity index (χ1n) is 9.30. The van der Waals surface area contributed by atoms with Crippen molar-refractivity contribution in [3.05, 3.63) is 35.9 Å². The van der Waals surface area contributed by atoms with Crippen LogP contribution in [0.4, 0.5) is 0 Å². The third-order valence-electron chi connectivity index (χ3n) is 5.53. The molecular weight excluding hydrogens is 316 g/mol. The number of hydrogen-bond acceptors (Lipinski definition) is 4. The Labute approximate surface area is 149 Å². The molecule has 1 amide bonds. The Morgan fingerprint density at radius 2 is 1.56 bits per heavy atom. The molecule has 0 radical (unpaired) electrons. The van der Waals surface area contributed by atoms with E-state index in [4.69, 9.17) is 4.74 Å². The zero-order valence-electron chi connectivity index (χ0n) is 15.0. The highest BCUT2D eigenvalue weighted by molar-refractivity contribution is 5.79. The van der Waals surface area contributed by atoms with E-state index in [1.165, 1.54) is 12.7 Å². The number of amides is 1. The molecule has 5 heteroatoms. The molecule has 0 aliphatic carbocycles. The van der Waals surface area contributed by atoms with Gasteiger partial charge in [0.05, 0.1) is 13.0 Å². The van der Waals surface area contributed by atoms with Crippen LogP contribution in [0.25, 0.3) is 0 Å². The number of piperidine rings is 2. The van der Waals surface area contributed by atoms with Crippen molar-refractivity contribution in [2.75, 3.05) is 33.3 Å². The van der Waals surface area contributed by atoms with Crippen LogP contribution >= 0.6 is 0 Å². The van der Waals surface area contributed by atoms with Crippen molar-refractivity contribution in [2.45, 2.75) is 32.2 Å². The van der Waals surface area contributed by atoms with Crippen molar-refractivity contribution in [1.82, 2.24) is 9.80 Å². The molecule has 2 fully saturated rings. The van der Waals surface area contributed by atoms with Crippen LogP contribution in [0.5, 0.6) is 0 Å². The Morgan fingerprint density at radius 1 is 0.960 bits per heavy atom. The second kappa shape index (κ2) is 8.48. The maximum Gasteiger partial charge on any atom is 0.308 e. The Kier molecular flexibility index (Phi) is 6.08. The molecule has 2 aliphatic rings. The SMILES string of the molecule is COC(=O)C1CCN(C(=O)C2CCN(Cc3ccccc3)CC2)CC1. The van der Waals surface area contributed by atoms with Gasteiger partial charge in [0.1, 0.15) is 0 Å². The Hall–Kier alpha value is -1.88. The van der Waals surface area contributed by atoms with Crippen LogP contribution in [-0.4, -0.2) is 55.0 Å². The molecule has 0 aromatic heterocycles. The quantitative estimate of drug-likeness (QED) is 0.787. The molecule has 0 bridgehead atoms. The molecule has 1 aromatic rings. The number of carbonyl (C=O) groups is 2. The van der Waals surface area contributed by atoms with Gasteiger partial charge in [-0.25, -0.2) is 0 Å². The van der Waals surface area contributed by atoms with Crippen LogP contribution in [-0.2, 0) is 20.9 Å². The summed E-state index contributed by atoms with van der Waals surface area (Å²) in [5.74, 6) is 0.243. The smallest absolute Gasteiger partial charge is 0.308 e. The third kappa shape index (κ3) is 4.60. The van der Waals surface area contributed by atoms with Crippen molar-refractivity contribution < 1.29 is 14.3 Å². The van der Waals surface area contributed by atoms with Gasteiger partial charge in [0, 0.05) is 25.6 Å². The summed E-state index contributed by atoms with van der Waals surface area (Å²) in [7, 11) is 1.43. The Balaban J connectivity index is 1.43. The van der Waals surface area contributed by atoms with Gasteiger partial charge in [0.15, 0.2) is 0 Å². The third-order valence-corrected chi connectivity index (χ3v) is 5.53. The topological polar surface area (TPSA) is 49.9 Å². The normalized spacial score (nSPS) is 20.4. The van der Waals surface area contributed by atoms with E-state index in [2.05, 4.69) is 29.2 Å². The summed E-state index contributed by atoms with van der Waals surface area (Å²) >= 11 is 0. The molecule has 25 heavy (non-hydrogen) atoms. The predicted molar refractivity (Wildman–Crippen MR) is 95.8 cm³/mol. The lowest BCUT2D eigenvalue weighted by Gasteiger charge is -2.36. The molecule has 0 N–H and O–H groups in total. The minimum Gasteiger partial charge on any atom is -0.469 e. The fourth-order valence-corrected chi connectivity index (χ4v) is 3.94. The molecule has 2 heterocycles. The highest BCUT2D eigenvalue weighted by Gasteiger charge is 2.32. The molecule has 5 nitrogen and oxygen atoms in total. The maximum absolute atomic E-state index is 12.8. The zero-order chi connectivity index (χ0) is 17.6. The Bertz CT molecular complexity index is 574. The minimum atomic E-state index is -0.138. The van der Waals surface area contributed by atoms with Crippen LogP contribution in [0.3, 0.4) is 0 Å². The first-order chi connectivity index (χ1) is 12.2. The van der Waals surface area contributed by atoms with E-state index in [0.717, 1.165) is 45.3 Å². The van der Waals surface area contributed by atoms with Gasteiger partial charge in [0.2, 0.25) is 5.91 Å². The van der Waals surface area contributed by atoms with Crippen molar-refractivity contribution in [2.24, 2.45) is 11.8 Å². The molecule has 0 atom stereocenters. The van der Waals surface area contributed by atoms with Crippen LogP contribution in [0.2, 0.25) is 0 Å². The van der Waals surface area contributed by atoms with Gasteiger partial charge in [-0.3, -0.25) is 14.5 Å². The summed E-state index contributed by atoms with van der Waals surface area (Å²) in [6.07, 6.45) is 3.32. The van der Waals surface area contributed by atoms with E-state index < -0.39 is 0 Å². The highest BCUT2D eigenvalue weighted by atomic mass is 16.5. The van der Waals surface area contributed by atoms with Gasteiger partial charge < -0.3 is 9.64 Å². The molecule has 1 aromatic carbocycles. The van der Waals surface area contributed by atoms with Crippen molar-refractivity contribution in [3.8, 4) is 0 Å². The second-order valence-corrected chi connectivity index (χ2v) is 7.16. The molecule has 2 aliphatic heterocycles. The fourth-order valence-electron chi connectivity index (χ4n) is 3.94. The van der Waals surface area contributed by atoms with E-state index in [1.807, 2.05) is 11.0 Å². The average molecular weight is 344 g/mol. The summed E-state index contributed by atoms with van der Waals surface area (Å²) in [4.78, 5) is 28.7. The van der Waals surface area contributed by atoms with Crippen molar-refractivity contribution in [1.29, 1.82) is 0 Å². The summed E-state index contributed by atoms with van der Waals surface area (Å²) in [6, 6.07) is 10.5. The number of nitrogens with zero attached hydrogens (tertiary/aromatic N) is 2. The number of benzene rings is 1. The number of ether oxygens (including phenoxy) is 1. The predicted octanol–water partition coefficient (Wildman–Crippen LogP) is 2.31. The van der Waals surface area contributed by atoms with Crippen LogP contribution in [0.1, 0.15) is 31.2 Å². The molecule has 0 unspecified atom stereocenters. The maximum atomic E-state index is 12.8. The summed E-state index contributed by atoms with van der Waals surface area (Å²) in [5.41, 5.74) is 1.33. The first kappa shape index (κ1) is 17.9. The lowest BCUT2D eigenvalue weighted by molar-refractivity contribution is -0.150. The lowest BCUT2D eigenvalue weighted by atomic mass is 9.92. The largest absolute Gasteiger partial charge is 0.469 e. The molecule has 3 rings (SSSR count). The number of esters is 1. The van der Waals surface area contributed by atoms with Crippen molar-refractivity contribution in [3.63, 3.8) is 0 Å². The number of rotatable bonds is 4. The standard InChI is InChI=1S/C20H28N2O3/c1-25-20(24)18-9-13-22(14-10-18)19(23)17-7-11-21(12-8-17)15-16-5-3-2-4-6-16/h2-6,17-18H,7-15H2,1H3. The van der Waals surface area contributed by atoms with Gasteiger partial charge in [-0.15, -0.1) is 0 Å². The van der Waals surface area contributed by atoms with E-state index >= 15 is 0 Å². The molecule has 0 saturated carbocycles. The van der Waals surface area contributed by atoms with Gasteiger partial charge in [-0.2, -0.15) is 0 Å².